The van der Waals surface area contributed by atoms with Gasteiger partial charge in [-0.2, -0.15) is 0 Å². The molecule has 0 bridgehead atoms. The van der Waals surface area contributed by atoms with E-state index in [-0.39, 0.29) is 5.41 Å². The maximum Gasteiger partial charge on any atom is 0.192 e. The highest BCUT2D eigenvalue weighted by atomic mass is 16.5. The SMILES string of the molecule is CCCCOC1CC(NC(=NCc2ccccc2)NCc2nnc(C)n2C)C1(C)C. The van der Waals surface area contributed by atoms with Gasteiger partial charge in [-0.25, -0.2) is 4.99 Å². The Labute approximate surface area is 180 Å². The molecular formula is C23H36N6O. The van der Waals surface area contributed by atoms with Crippen LogP contribution in [0.2, 0.25) is 0 Å². The summed E-state index contributed by atoms with van der Waals surface area (Å²) in [6.07, 6.45) is 3.56. The summed E-state index contributed by atoms with van der Waals surface area (Å²) in [5.41, 5.74) is 1.24. The fourth-order valence-electron chi connectivity index (χ4n) is 3.62. The van der Waals surface area contributed by atoms with Gasteiger partial charge in [0.1, 0.15) is 5.82 Å². The first kappa shape index (κ1) is 22.3. The van der Waals surface area contributed by atoms with Crippen LogP contribution < -0.4 is 10.6 Å². The van der Waals surface area contributed by atoms with Crippen molar-refractivity contribution >= 4 is 5.96 Å². The molecule has 1 aliphatic carbocycles. The fourth-order valence-corrected chi connectivity index (χ4v) is 3.62. The molecule has 164 valence electrons. The molecule has 7 nitrogen and oxygen atoms in total. The highest BCUT2D eigenvalue weighted by Gasteiger charge is 2.49. The number of rotatable bonds is 9. The monoisotopic (exact) mass is 412 g/mol. The molecule has 2 atom stereocenters. The van der Waals surface area contributed by atoms with Crippen molar-refractivity contribution in [1.82, 2.24) is 25.4 Å². The van der Waals surface area contributed by atoms with Gasteiger partial charge in [-0.15, -0.1) is 10.2 Å². The largest absolute Gasteiger partial charge is 0.378 e. The van der Waals surface area contributed by atoms with Crippen molar-refractivity contribution in [2.24, 2.45) is 17.5 Å². The molecular weight excluding hydrogens is 376 g/mol. The fraction of sp³-hybridized carbons (Fsp3) is 0.609. The Hall–Kier alpha value is -2.41. The second-order valence-electron chi connectivity index (χ2n) is 8.69. The molecule has 1 aromatic carbocycles. The van der Waals surface area contributed by atoms with Gasteiger partial charge in [-0.3, -0.25) is 0 Å². The van der Waals surface area contributed by atoms with Crippen LogP contribution in [0.25, 0.3) is 0 Å². The second-order valence-corrected chi connectivity index (χ2v) is 8.69. The number of aryl methyl sites for hydroxylation is 1. The Balaban J connectivity index is 1.64. The number of aromatic nitrogens is 3. The summed E-state index contributed by atoms with van der Waals surface area (Å²) in [7, 11) is 1.98. The van der Waals surface area contributed by atoms with Gasteiger partial charge in [0.05, 0.1) is 19.2 Å². The van der Waals surface area contributed by atoms with Crippen LogP contribution in [0, 0.1) is 12.3 Å². The summed E-state index contributed by atoms with van der Waals surface area (Å²) in [6.45, 7) is 10.7. The van der Waals surface area contributed by atoms with E-state index in [9.17, 15) is 0 Å². The second kappa shape index (κ2) is 10.1. The van der Waals surface area contributed by atoms with Crippen LogP contribution >= 0.6 is 0 Å². The number of aliphatic imine (C=N–C) groups is 1. The zero-order valence-corrected chi connectivity index (χ0v) is 19.0. The lowest BCUT2D eigenvalue weighted by Gasteiger charge is -2.52. The van der Waals surface area contributed by atoms with Crippen molar-refractivity contribution in [3.8, 4) is 0 Å². The van der Waals surface area contributed by atoms with E-state index >= 15 is 0 Å². The Morgan fingerprint density at radius 1 is 1.27 bits per heavy atom. The van der Waals surface area contributed by atoms with Crippen LogP contribution in [0.5, 0.6) is 0 Å². The van der Waals surface area contributed by atoms with E-state index in [1.165, 1.54) is 5.56 Å². The zero-order valence-electron chi connectivity index (χ0n) is 19.0. The molecule has 2 aromatic rings. The molecule has 2 unspecified atom stereocenters. The smallest absolute Gasteiger partial charge is 0.192 e. The van der Waals surface area contributed by atoms with Crippen molar-refractivity contribution < 1.29 is 4.74 Å². The third kappa shape index (κ3) is 5.39. The molecule has 30 heavy (non-hydrogen) atoms. The van der Waals surface area contributed by atoms with Crippen molar-refractivity contribution in [2.45, 2.75) is 72.2 Å². The van der Waals surface area contributed by atoms with Crippen molar-refractivity contribution in [2.75, 3.05) is 6.61 Å². The number of nitrogens with one attached hydrogen (secondary N) is 2. The first-order valence-electron chi connectivity index (χ1n) is 11.0. The summed E-state index contributed by atoms with van der Waals surface area (Å²) < 4.78 is 8.09. The molecule has 1 aliphatic rings. The maximum absolute atomic E-state index is 6.10. The van der Waals surface area contributed by atoms with E-state index in [0.717, 1.165) is 43.5 Å². The molecule has 2 N–H and O–H groups in total. The molecule has 0 aliphatic heterocycles. The molecule has 0 saturated heterocycles. The third-order valence-corrected chi connectivity index (χ3v) is 6.16. The minimum absolute atomic E-state index is 0.0598. The quantitative estimate of drug-likeness (QED) is 0.375. The van der Waals surface area contributed by atoms with E-state index in [1.807, 2.05) is 36.7 Å². The lowest BCUT2D eigenvalue weighted by Crippen LogP contribution is -2.63. The van der Waals surface area contributed by atoms with Crippen LogP contribution in [-0.2, 0) is 24.9 Å². The predicted molar refractivity (Wildman–Crippen MR) is 120 cm³/mol. The number of unbranched alkanes of at least 4 members (excludes halogenated alkanes) is 1. The first-order chi connectivity index (χ1) is 14.4. The van der Waals surface area contributed by atoms with E-state index in [2.05, 4.69) is 53.7 Å². The summed E-state index contributed by atoms with van der Waals surface area (Å²) >= 11 is 0. The summed E-state index contributed by atoms with van der Waals surface area (Å²) in [4.78, 5) is 4.83. The van der Waals surface area contributed by atoms with Crippen LogP contribution in [0.4, 0.5) is 0 Å². The van der Waals surface area contributed by atoms with E-state index in [0.29, 0.717) is 25.2 Å². The van der Waals surface area contributed by atoms with Crippen LogP contribution in [0.1, 0.15) is 57.2 Å². The molecule has 0 amide bonds. The van der Waals surface area contributed by atoms with Gasteiger partial charge < -0.3 is 19.9 Å². The Morgan fingerprint density at radius 3 is 2.67 bits per heavy atom. The van der Waals surface area contributed by atoms with Crippen molar-refractivity contribution in [1.29, 1.82) is 0 Å². The molecule has 1 heterocycles. The summed E-state index contributed by atoms with van der Waals surface area (Å²) in [5.74, 6) is 2.58. The average Bonchev–Trinajstić information content (AvgIpc) is 3.06. The predicted octanol–water partition coefficient (Wildman–Crippen LogP) is 3.34. The number of benzene rings is 1. The Bertz CT molecular complexity index is 829. The molecule has 1 fully saturated rings. The van der Waals surface area contributed by atoms with Gasteiger partial charge in [0, 0.05) is 25.1 Å². The van der Waals surface area contributed by atoms with Gasteiger partial charge in [0.15, 0.2) is 11.8 Å². The first-order valence-corrected chi connectivity index (χ1v) is 11.0. The topological polar surface area (TPSA) is 76.4 Å². The lowest BCUT2D eigenvalue weighted by molar-refractivity contribution is -0.113. The number of guanidine groups is 1. The molecule has 0 radical (unpaired) electrons. The summed E-state index contributed by atoms with van der Waals surface area (Å²) in [5, 5.41) is 15.5. The minimum Gasteiger partial charge on any atom is -0.378 e. The molecule has 0 spiro atoms. The summed E-state index contributed by atoms with van der Waals surface area (Å²) in [6, 6.07) is 10.6. The van der Waals surface area contributed by atoms with Gasteiger partial charge in [0.25, 0.3) is 0 Å². The number of hydrogen-bond acceptors (Lipinski definition) is 4. The third-order valence-electron chi connectivity index (χ3n) is 6.16. The van der Waals surface area contributed by atoms with Gasteiger partial charge in [0.2, 0.25) is 0 Å². The highest BCUT2D eigenvalue weighted by molar-refractivity contribution is 5.80. The number of hydrogen-bond donors (Lipinski definition) is 2. The van der Waals surface area contributed by atoms with Crippen molar-refractivity contribution in [3.63, 3.8) is 0 Å². The van der Waals surface area contributed by atoms with Crippen LogP contribution in [0.15, 0.2) is 35.3 Å². The molecule has 1 aromatic heterocycles. The standard InChI is InChI=1S/C23H36N6O/c1-6-7-13-30-20-14-19(23(20,3)4)26-22(24-15-18-11-9-8-10-12-18)25-16-21-28-27-17(2)29(21)5/h8-12,19-20H,6-7,13-16H2,1-5H3,(H2,24,25,26). The minimum atomic E-state index is 0.0598. The molecule has 7 heteroatoms. The van der Waals surface area contributed by atoms with E-state index in [1.54, 1.807) is 0 Å². The highest BCUT2D eigenvalue weighted by Crippen LogP contribution is 2.42. The van der Waals surface area contributed by atoms with E-state index < -0.39 is 0 Å². The van der Waals surface area contributed by atoms with Crippen LogP contribution in [-0.4, -0.2) is 39.5 Å². The van der Waals surface area contributed by atoms with Gasteiger partial charge in [-0.05, 0) is 25.3 Å². The normalized spacial score (nSPS) is 20.6. The van der Waals surface area contributed by atoms with Crippen molar-refractivity contribution in [3.05, 3.63) is 47.5 Å². The Morgan fingerprint density at radius 2 is 2.03 bits per heavy atom. The van der Waals surface area contributed by atoms with Gasteiger partial charge >= 0.3 is 0 Å². The molecule has 3 rings (SSSR count). The zero-order chi connectivity index (χ0) is 21.6. The number of ether oxygens (including phenoxy) is 1. The molecule has 1 saturated carbocycles. The van der Waals surface area contributed by atoms with E-state index in [4.69, 9.17) is 9.73 Å². The lowest BCUT2D eigenvalue weighted by atomic mass is 9.64. The maximum atomic E-state index is 6.10. The van der Waals surface area contributed by atoms with Gasteiger partial charge in [-0.1, -0.05) is 57.5 Å². The number of nitrogens with zero attached hydrogens (tertiary/aromatic N) is 4. The average molecular weight is 413 g/mol. The Kier molecular flexibility index (Phi) is 7.48. The van der Waals surface area contributed by atoms with Crippen LogP contribution in [0.3, 0.4) is 0 Å².